The second-order valence-electron chi connectivity index (χ2n) is 5.17. The van der Waals surface area contributed by atoms with Gasteiger partial charge in [-0.05, 0) is 40.6 Å². The van der Waals surface area contributed by atoms with Crippen molar-refractivity contribution in [1.29, 1.82) is 0 Å². The summed E-state index contributed by atoms with van der Waals surface area (Å²) in [6.45, 7) is 2.29. The van der Waals surface area contributed by atoms with Crippen molar-refractivity contribution in [3.8, 4) is 0 Å². The molecular weight excluding hydrogens is 312 g/mol. The lowest BCUT2D eigenvalue weighted by molar-refractivity contribution is 0.494. The lowest BCUT2D eigenvalue weighted by Gasteiger charge is -2.18. The Bertz CT molecular complexity index is 587. The van der Waals surface area contributed by atoms with E-state index in [1.165, 1.54) is 19.3 Å². The van der Waals surface area contributed by atoms with E-state index in [0.717, 1.165) is 45.0 Å². The molecule has 0 amide bonds. The average molecular weight is 325 g/mol. The number of hydrogen-bond acceptors (Lipinski definition) is 5. The third kappa shape index (κ3) is 1.66. The van der Waals surface area contributed by atoms with E-state index in [9.17, 15) is 0 Å². The molecule has 2 fully saturated rings. The molecule has 0 bridgehead atoms. The highest BCUT2D eigenvalue weighted by molar-refractivity contribution is 9.11. The summed E-state index contributed by atoms with van der Waals surface area (Å²) in [4.78, 5) is 16.7. The Morgan fingerprint density at radius 3 is 2.78 bits per heavy atom. The Labute approximate surface area is 118 Å². The lowest BCUT2D eigenvalue weighted by atomic mass is 10.0. The van der Waals surface area contributed by atoms with E-state index in [1.807, 2.05) is 0 Å². The van der Waals surface area contributed by atoms with Crippen LogP contribution in [0.15, 0.2) is 10.2 Å². The standard InChI is InChI=1S/C12H13BrN4S/c13-12-16-9-10(14-6-15-11(9)18-12)17-4-7-2-1-3-8(7)5-17/h6-8H,1-5H2. The molecule has 1 aliphatic heterocycles. The fourth-order valence-corrected chi connectivity index (χ4v) is 4.62. The molecule has 2 aromatic rings. The summed E-state index contributed by atoms with van der Waals surface area (Å²) in [7, 11) is 0. The zero-order valence-corrected chi connectivity index (χ0v) is 12.2. The summed E-state index contributed by atoms with van der Waals surface area (Å²) in [5.74, 6) is 2.77. The SMILES string of the molecule is Brc1nc2c(N3CC4CCCC4C3)ncnc2s1. The lowest BCUT2D eigenvalue weighted by Crippen LogP contribution is -2.22. The number of fused-ring (bicyclic) bond motifs is 2. The smallest absolute Gasteiger partial charge is 0.161 e. The van der Waals surface area contributed by atoms with E-state index in [1.54, 1.807) is 17.7 Å². The molecule has 0 spiro atoms. The number of hydrogen-bond donors (Lipinski definition) is 0. The Balaban J connectivity index is 1.74. The minimum absolute atomic E-state index is 0.872. The average Bonchev–Trinajstić information content (AvgIpc) is 2.98. The molecule has 94 valence electrons. The fourth-order valence-electron chi connectivity index (χ4n) is 3.36. The van der Waals surface area contributed by atoms with Gasteiger partial charge in [-0.2, -0.15) is 0 Å². The highest BCUT2D eigenvalue weighted by Crippen LogP contribution is 2.40. The molecule has 3 heterocycles. The zero-order chi connectivity index (χ0) is 12.1. The molecule has 4 nitrogen and oxygen atoms in total. The monoisotopic (exact) mass is 324 g/mol. The van der Waals surface area contributed by atoms with Crippen molar-refractivity contribution in [2.75, 3.05) is 18.0 Å². The largest absolute Gasteiger partial charge is 0.354 e. The van der Waals surface area contributed by atoms with Gasteiger partial charge in [0, 0.05) is 13.1 Å². The Morgan fingerprint density at radius 1 is 1.22 bits per heavy atom. The summed E-state index contributed by atoms with van der Waals surface area (Å²) in [5.41, 5.74) is 0.953. The molecule has 18 heavy (non-hydrogen) atoms. The van der Waals surface area contributed by atoms with E-state index in [2.05, 4.69) is 35.8 Å². The molecule has 2 aromatic heterocycles. The Kier molecular flexibility index (Phi) is 2.55. The topological polar surface area (TPSA) is 41.9 Å². The predicted molar refractivity (Wildman–Crippen MR) is 76.0 cm³/mol. The molecular formula is C12H13BrN4S. The summed E-state index contributed by atoms with van der Waals surface area (Å²) in [6.07, 6.45) is 5.84. The third-order valence-corrected chi connectivity index (χ3v) is 5.59. The van der Waals surface area contributed by atoms with E-state index in [4.69, 9.17) is 0 Å². The van der Waals surface area contributed by atoms with Crippen molar-refractivity contribution < 1.29 is 0 Å². The molecule has 0 aromatic carbocycles. The van der Waals surface area contributed by atoms with Crippen molar-refractivity contribution in [2.45, 2.75) is 19.3 Å². The third-order valence-electron chi connectivity index (χ3n) is 4.18. The van der Waals surface area contributed by atoms with Crippen LogP contribution in [0.25, 0.3) is 10.3 Å². The van der Waals surface area contributed by atoms with Gasteiger partial charge < -0.3 is 4.90 Å². The first kappa shape index (κ1) is 11.1. The van der Waals surface area contributed by atoms with Crippen molar-refractivity contribution in [3.05, 3.63) is 10.2 Å². The first-order valence-electron chi connectivity index (χ1n) is 6.33. The minimum Gasteiger partial charge on any atom is -0.354 e. The second-order valence-corrected chi connectivity index (χ2v) is 7.43. The maximum atomic E-state index is 4.52. The van der Waals surface area contributed by atoms with Gasteiger partial charge >= 0.3 is 0 Å². The van der Waals surface area contributed by atoms with Crippen molar-refractivity contribution in [3.63, 3.8) is 0 Å². The van der Waals surface area contributed by atoms with Crippen LogP contribution >= 0.6 is 27.3 Å². The van der Waals surface area contributed by atoms with Crippen LogP contribution in [0.5, 0.6) is 0 Å². The molecule has 1 aliphatic carbocycles. The number of nitrogens with zero attached hydrogens (tertiary/aromatic N) is 4. The normalized spacial score (nSPS) is 27.1. The van der Waals surface area contributed by atoms with Crippen LogP contribution in [0.3, 0.4) is 0 Å². The van der Waals surface area contributed by atoms with E-state index >= 15 is 0 Å². The molecule has 6 heteroatoms. The predicted octanol–water partition coefficient (Wildman–Crippen LogP) is 3.09. The van der Waals surface area contributed by atoms with Gasteiger partial charge in [-0.15, -0.1) is 0 Å². The highest BCUT2D eigenvalue weighted by atomic mass is 79.9. The molecule has 1 saturated carbocycles. The van der Waals surface area contributed by atoms with Crippen LogP contribution in [-0.4, -0.2) is 28.0 Å². The van der Waals surface area contributed by atoms with Crippen LogP contribution in [-0.2, 0) is 0 Å². The van der Waals surface area contributed by atoms with Crippen LogP contribution in [0, 0.1) is 11.8 Å². The van der Waals surface area contributed by atoms with Crippen LogP contribution in [0.4, 0.5) is 5.82 Å². The summed E-state index contributed by atoms with van der Waals surface area (Å²) >= 11 is 5.01. The van der Waals surface area contributed by atoms with Gasteiger partial charge in [0.25, 0.3) is 0 Å². The number of aromatic nitrogens is 3. The van der Waals surface area contributed by atoms with E-state index in [-0.39, 0.29) is 0 Å². The molecule has 2 unspecified atom stereocenters. The minimum atomic E-state index is 0.872. The molecule has 0 radical (unpaired) electrons. The number of thiazole rings is 1. The maximum Gasteiger partial charge on any atom is 0.161 e. The van der Waals surface area contributed by atoms with Gasteiger partial charge in [-0.1, -0.05) is 17.8 Å². The first-order valence-corrected chi connectivity index (χ1v) is 7.94. The number of rotatable bonds is 1. The number of halogens is 1. The number of anilines is 1. The van der Waals surface area contributed by atoms with Gasteiger partial charge in [0.05, 0.1) is 0 Å². The fraction of sp³-hybridized carbons (Fsp3) is 0.583. The van der Waals surface area contributed by atoms with Crippen molar-refractivity contribution in [1.82, 2.24) is 15.0 Å². The van der Waals surface area contributed by atoms with Crippen molar-refractivity contribution >= 4 is 43.4 Å². The van der Waals surface area contributed by atoms with Crippen LogP contribution in [0.1, 0.15) is 19.3 Å². The van der Waals surface area contributed by atoms with Gasteiger partial charge in [0.2, 0.25) is 0 Å². The van der Waals surface area contributed by atoms with Crippen LogP contribution in [0.2, 0.25) is 0 Å². The molecule has 4 rings (SSSR count). The van der Waals surface area contributed by atoms with Gasteiger partial charge in [-0.25, -0.2) is 15.0 Å². The van der Waals surface area contributed by atoms with E-state index in [0.29, 0.717) is 0 Å². The maximum absolute atomic E-state index is 4.52. The first-order chi connectivity index (χ1) is 8.81. The highest BCUT2D eigenvalue weighted by Gasteiger charge is 2.37. The summed E-state index contributed by atoms with van der Waals surface area (Å²) in [5, 5.41) is 0. The quantitative estimate of drug-likeness (QED) is 0.808. The Hall–Kier alpha value is -0.750. The van der Waals surface area contributed by atoms with Crippen LogP contribution < -0.4 is 4.90 Å². The van der Waals surface area contributed by atoms with Gasteiger partial charge in [-0.3, -0.25) is 0 Å². The van der Waals surface area contributed by atoms with Crippen molar-refractivity contribution in [2.24, 2.45) is 11.8 Å². The Morgan fingerprint density at radius 2 is 2.00 bits per heavy atom. The molecule has 1 saturated heterocycles. The molecule has 2 atom stereocenters. The van der Waals surface area contributed by atoms with E-state index < -0.39 is 0 Å². The summed E-state index contributed by atoms with van der Waals surface area (Å²) in [6, 6.07) is 0. The summed E-state index contributed by atoms with van der Waals surface area (Å²) < 4.78 is 0.888. The zero-order valence-electron chi connectivity index (χ0n) is 9.84. The van der Waals surface area contributed by atoms with Gasteiger partial charge in [0.1, 0.15) is 16.7 Å². The second kappa shape index (κ2) is 4.13. The molecule has 2 aliphatic rings. The molecule has 0 N–H and O–H groups in total. The van der Waals surface area contributed by atoms with Gasteiger partial charge in [0.15, 0.2) is 9.73 Å².